The Morgan fingerprint density at radius 1 is 1.50 bits per heavy atom. The predicted octanol–water partition coefficient (Wildman–Crippen LogP) is 0.439. The number of aromatic nitrogens is 4. The second-order valence-electron chi connectivity index (χ2n) is 4.32. The highest BCUT2D eigenvalue weighted by Crippen LogP contribution is 2.21. The number of nitrogens with one attached hydrogen (secondary N) is 1. The summed E-state index contributed by atoms with van der Waals surface area (Å²) in [4.78, 5) is 4.37. The van der Waals surface area contributed by atoms with Crippen LogP contribution in [0.5, 0.6) is 0 Å². The Morgan fingerprint density at radius 2 is 2.39 bits per heavy atom. The molecule has 3 rings (SSSR count). The van der Waals surface area contributed by atoms with Crippen LogP contribution >= 0.6 is 0 Å². The molecule has 2 aromatic heterocycles. The third kappa shape index (κ3) is 2.02. The van der Waals surface area contributed by atoms with Gasteiger partial charge in [0, 0.05) is 20.1 Å². The molecule has 1 fully saturated rings. The summed E-state index contributed by atoms with van der Waals surface area (Å²) < 4.78 is 12.6. The van der Waals surface area contributed by atoms with Gasteiger partial charge in [-0.25, -0.2) is 0 Å². The molecule has 0 spiro atoms. The summed E-state index contributed by atoms with van der Waals surface area (Å²) in [6.07, 6.45) is -0.134. The molecule has 0 aliphatic carbocycles. The van der Waals surface area contributed by atoms with Crippen LogP contribution in [-0.2, 0) is 11.8 Å². The Balaban J connectivity index is 1.86. The largest absolute Gasteiger partial charge is 0.367 e. The zero-order chi connectivity index (χ0) is 12.5. The van der Waals surface area contributed by atoms with Crippen LogP contribution in [0, 0.1) is 6.92 Å². The Morgan fingerprint density at radius 3 is 3.06 bits per heavy atom. The molecule has 0 bridgehead atoms. The van der Waals surface area contributed by atoms with Crippen molar-refractivity contribution in [3.63, 3.8) is 0 Å². The van der Waals surface area contributed by atoms with E-state index in [1.807, 2.05) is 20.0 Å². The quantitative estimate of drug-likeness (QED) is 0.832. The van der Waals surface area contributed by atoms with E-state index in [1.165, 1.54) is 0 Å². The van der Waals surface area contributed by atoms with E-state index in [1.54, 1.807) is 4.68 Å². The maximum absolute atomic E-state index is 5.58. The second-order valence-corrected chi connectivity index (χ2v) is 4.32. The summed E-state index contributed by atoms with van der Waals surface area (Å²) in [5.74, 6) is 1.05. The van der Waals surface area contributed by atoms with Gasteiger partial charge in [0.1, 0.15) is 11.8 Å². The predicted molar refractivity (Wildman–Crippen MR) is 62.8 cm³/mol. The van der Waals surface area contributed by atoms with E-state index < -0.39 is 0 Å². The topological polar surface area (TPSA) is 78.0 Å². The van der Waals surface area contributed by atoms with Crippen molar-refractivity contribution in [3.05, 3.63) is 17.6 Å². The molecule has 96 valence electrons. The summed E-state index contributed by atoms with van der Waals surface area (Å²) in [7, 11) is 1.85. The van der Waals surface area contributed by atoms with E-state index in [0.29, 0.717) is 24.9 Å². The van der Waals surface area contributed by atoms with Crippen LogP contribution in [0.15, 0.2) is 10.6 Å². The molecule has 18 heavy (non-hydrogen) atoms. The zero-order valence-electron chi connectivity index (χ0n) is 10.4. The van der Waals surface area contributed by atoms with E-state index in [0.717, 1.165) is 17.9 Å². The zero-order valence-corrected chi connectivity index (χ0v) is 10.4. The molecule has 7 nitrogen and oxygen atoms in total. The summed E-state index contributed by atoms with van der Waals surface area (Å²) in [6.45, 7) is 4.17. The number of hydrogen-bond acceptors (Lipinski definition) is 6. The molecule has 1 aliphatic rings. The normalized spacial score (nSPS) is 20.2. The summed E-state index contributed by atoms with van der Waals surface area (Å²) in [5, 5.41) is 11.5. The Kier molecular flexibility index (Phi) is 2.85. The minimum absolute atomic E-state index is 0.134. The summed E-state index contributed by atoms with van der Waals surface area (Å²) >= 11 is 0. The van der Waals surface area contributed by atoms with Gasteiger partial charge in [-0.05, 0) is 13.0 Å². The highest BCUT2D eigenvalue weighted by molar-refractivity contribution is 5.47. The number of aryl methyl sites for hydroxylation is 2. The van der Waals surface area contributed by atoms with Gasteiger partial charge in [-0.15, -0.1) is 0 Å². The number of morpholine rings is 1. The molecule has 0 aromatic carbocycles. The van der Waals surface area contributed by atoms with Crippen LogP contribution in [0.4, 0.5) is 0 Å². The Hall–Kier alpha value is -1.73. The lowest BCUT2D eigenvalue weighted by Crippen LogP contribution is -2.33. The van der Waals surface area contributed by atoms with Crippen LogP contribution in [-0.4, -0.2) is 39.6 Å². The lowest BCUT2D eigenvalue weighted by atomic mass is 10.3. The SMILES string of the molecule is Cc1cc(-c2nc(C3CNCCO3)no2)n(C)n1. The standard InChI is InChI=1S/C11H15N5O2/c1-7-5-8(16(2)14-7)11-13-10(15-18-11)9-6-12-3-4-17-9/h5,9,12H,3-4,6H2,1-2H3. The van der Waals surface area contributed by atoms with Crippen molar-refractivity contribution in [2.45, 2.75) is 13.0 Å². The first-order valence-electron chi connectivity index (χ1n) is 5.91. The monoisotopic (exact) mass is 249 g/mol. The Bertz CT molecular complexity index is 541. The number of nitrogens with zero attached hydrogens (tertiary/aromatic N) is 4. The highest BCUT2D eigenvalue weighted by atomic mass is 16.5. The van der Waals surface area contributed by atoms with Crippen molar-refractivity contribution in [2.75, 3.05) is 19.7 Å². The minimum atomic E-state index is -0.134. The molecular weight excluding hydrogens is 234 g/mol. The molecule has 1 unspecified atom stereocenters. The third-order valence-corrected chi connectivity index (χ3v) is 2.88. The lowest BCUT2D eigenvalue weighted by molar-refractivity contribution is 0.0208. The van der Waals surface area contributed by atoms with Crippen molar-refractivity contribution >= 4 is 0 Å². The molecule has 1 saturated heterocycles. The highest BCUT2D eigenvalue weighted by Gasteiger charge is 2.22. The smallest absolute Gasteiger partial charge is 0.276 e. The van der Waals surface area contributed by atoms with Crippen LogP contribution in [0.2, 0.25) is 0 Å². The van der Waals surface area contributed by atoms with Crippen molar-refractivity contribution in [1.29, 1.82) is 0 Å². The Labute approximate surface area is 104 Å². The second kappa shape index (κ2) is 4.51. The average molecular weight is 249 g/mol. The van der Waals surface area contributed by atoms with Crippen LogP contribution in [0.1, 0.15) is 17.6 Å². The van der Waals surface area contributed by atoms with Gasteiger partial charge in [-0.1, -0.05) is 5.16 Å². The molecular formula is C11H15N5O2. The first kappa shape index (κ1) is 11.4. The fourth-order valence-electron chi connectivity index (χ4n) is 2.01. The van der Waals surface area contributed by atoms with Crippen molar-refractivity contribution in [2.24, 2.45) is 7.05 Å². The summed E-state index contributed by atoms with van der Waals surface area (Å²) in [6, 6.07) is 1.91. The van der Waals surface area contributed by atoms with E-state index in [4.69, 9.17) is 9.26 Å². The van der Waals surface area contributed by atoms with Gasteiger partial charge < -0.3 is 14.6 Å². The van der Waals surface area contributed by atoms with Gasteiger partial charge in [0.05, 0.1) is 12.3 Å². The summed E-state index contributed by atoms with van der Waals surface area (Å²) in [5.41, 5.74) is 1.73. The van der Waals surface area contributed by atoms with Crippen LogP contribution < -0.4 is 5.32 Å². The van der Waals surface area contributed by atoms with Crippen LogP contribution in [0.25, 0.3) is 11.6 Å². The van der Waals surface area contributed by atoms with Gasteiger partial charge in [0.15, 0.2) is 0 Å². The number of rotatable bonds is 2. The number of ether oxygens (including phenoxy) is 1. The van der Waals surface area contributed by atoms with E-state index in [-0.39, 0.29) is 6.10 Å². The maximum atomic E-state index is 5.58. The van der Waals surface area contributed by atoms with Crippen molar-refractivity contribution < 1.29 is 9.26 Å². The van der Waals surface area contributed by atoms with Crippen LogP contribution in [0.3, 0.4) is 0 Å². The lowest BCUT2D eigenvalue weighted by Gasteiger charge is -2.20. The first-order valence-corrected chi connectivity index (χ1v) is 5.91. The molecule has 2 aromatic rings. The van der Waals surface area contributed by atoms with E-state index in [9.17, 15) is 0 Å². The molecule has 7 heteroatoms. The van der Waals surface area contributed by atoms with E-state index in [2.05, 4.69) is 20.6 Å². The molecule has 1 atom stereocenters. The molecule has 0 saturated carbocycles. The molecule has 0 amide bonds. The molecule has 1 N–H and O–H groups in total. The molecule has 3 heterocycles. The first-order chi connectivity index (χ1) is 8.74. The van der Waals surface area contributed by atoms with Crippen molar-refractivity contribution in [1.82, 2.24) is 25.2 Å². The van der Waals surface area contributed by atoms with E-state index >= 15 is 0 Å². The molecule has 1 aliphatic heterocycles. The fraction of sp³-hybridized carbons (Fsp3) is 0.545. The van der Waals surface area contributed by atoms with Gasteiger partial charge in [-0.2, -0.15) is 10.1 Å². The van der Waals surface area contributed by atoms with Gasteiger partial charge in [-0.3, -0.25) is 4.68 Å². The van der Waals surface area contributed by atoms with Gasteiger partial charge in [0.2, 0.25) is 5.82 Å². The maximum Gasteiger partial charge on any atom is 0.276 e. The average Bonchev–Trinajstić information content (AvgIpc) is 2.97. The van der Waals surface area contributed by atoms with Gasteiger partial charge >= 0.3 is 0 Å². The fourth-order valence-corrected chi connectivity index (χ4v) is 2.01. The third-order valence-electron chi connectivity index (χ3n) is 2.88. The molecule has 0 radical (unpaired) electrons. The van der Waals surface area contributed by atoms with Gasteiger partial charge in [0.25, 0.3) is 5.89 Å². The van der Waals surface area contributed by atoms with Crippen molar-refractivity contribution in [3.8, 4) is 11.6 Å². The number of hydrogen-bond donors (Lipinski definition) is 1. The minimum Gasteiger partial charge on any atom is -0.367 e.